The Labute approximate surface area is 156 Å². The average molecular weight is 361 g/mol. The van der Waals surface area contributed by atoms with Crippen LogP contribution in [0.5, 0.6) is 5.75 Å². The highest BCUT2D eigenvalue weighted by molar-refractivity contribution is 6.30. The molecule has 0 unspecified atom stereocenters. The van der Waals surface area contributed by atoms with Gasteiger partial charge in [0.2, 0.25) is 11.7 Å². The van der Waals surface area contributed by atoms with Gasteiger partial charge in [-0.1, -0.05) is 36.4 Å². The van der Waals surface area contributed by atoms with Gasteiger partial charge in [0.15, 0.2) is 11.5 Å². The SMILES string of the molecule is CC(C)(C)Nc1oc2c(c1-c1cccc(O)c1)C(=O)c1ccccc1C2=O. The summed E-state index contributed by atoms with van der Waals surface area (Å²) in [5.41, 5.74) is 1.67. The molecule has 5 nitrogen and oxygen atoms in total. The highest BCUT2D eigenvalue weighted by atomic mass is 16.4. The van der Waals surface area contributed by atoms with Crippen LogP contribution in [0, 0.1) is 0 Å². The highest BCUT2D eigenvalue weighted by Gasteiger charge is 2.38. The molecular weight excluding hydrogens is 342 g/mol. The summed E-state index contributed by atoms with van der Waals surface area (Å²) in [7, 11) is 0. The zero-order valence-corrected chi connectivity index (χ0v) is 15.3. The minimum atomic E-state index is -0.356. The van der Waals surface area contributed by atoms with Crippen LogP contribution in [0.1, 0.15) is 52.8 Å². The number of phenolic OH excluding ortho intramolecular Hbond substituents is 1. The minimum Gasteiger partial charge on any atom is -0.508 e. The summed E-state index contributed by atoms with van der Waals surface area (Å²) in [5.74, 6) is -0.136. The second-order valence-corrected chi connectivity index (χ2v) is 7.64. The summed E-state index contributed by atoms with van der Waals surface area (Å²) >= 11 is 0. The summed E-state index contributed by atoms with van der Waals surface area (Å²) < 4.78 is 5.88. The Hall–Kier alpha value is -3.34. The van der Waals surface area contributed by atoms with Crippen LogP contribution in [0.4, 0.5) is 5.88 Å². The van der Waals surface area contributed by atoms with E-state index >= 15 is 0 Å². The van der Waals surface area contributed by atoms with Gasteiger partial charge in [-0.3, -0.25) is 9.59 Å². The van der Waals surface area contributed by atoms with E-state index in [4.69, 9.17) is 4.42 Å². The number of ketones is 2. The number of benzene rings is 2. The molecule has 3 aromatic rings. The summed E-state index contributed by atoms with van der Waals surface area (Å²) in [6, 6.07) is 13.3. The minimum absolute atomic E-state index is 0.0313. The van der Waals surface area contributed by atoms with Crippen molar-refractivity contribution in [3.05, 3.63) is 71.0 Å². The molecule has 5 heteroatoms. The Morgan fingerprint density at radius 3 is 2.19 bits per heavy atom. The maximum Gasteiger partial charge on any atom is 0.229 e. The van der Waals surface area contributed by atoms with Crippen LogP contribution < -0.4 is 5.32 Å². The fraction of sp³-hybridized carbons (Fsp3) is 0.182. The first-order valence-electron chi connectivity index (χ1n) is 8.69. The molecule has 1 aliphatic carbocycles. The molecule has 0 radical (unpaired) electrons. The van der Waals surface area contributed by atoms with E-state index in [0.29, 0.717) is 28.1 Å². The molecular formula is C22H19NO4. The van der Waals surface area contributed by atoms with Gasteiger partial charge in [-0.25, -0.2) is 0 Å². The van der Waals surface area contributed by atoms with Gasteiger partial charge in [0.1, 0.15) is 5.75 Å². The number of carbonyl (C=O) groups excluding carboxylic acids is 2. The van der Waals surface area contributed by atoms with E-state index in [1.54, 1.807) is 48.5 Å². The third kappa shape index (κ3) is 2.81. The zero-order chi connectivity index (χ0) is 19.3. The lowest BCUT2D eigenvalue weighted by Gasteiger charge is -2.21. The van der Waals surface area contributed by atoms with E-state index in [2.05, 4.69) is 5.32 Å². The van der Waals surface area contributed by atoms with Crippen molar-refractivity contribution in [3.63, 3.8) is 0 Å². The molecule has 0 saturated carbocycles. The molecule has 0 spiro atoms. The van der Waals surface area contributed by atoms with Crippen molar-refractivity contribution in [2.24, 2.45) is 0 Å². The van der Waals surface area contributed by atoms with Gasteiger partial charge in [0.05, 0.1) is 11.1 Å². The molecule has 2 N–H and O–H groups in total. The van der Waals surface area contributed by atoms with Gasteiger partial charge in [0.25, 0.3) is 0 Å². The molecule has 4 rings (SSSR count). The smallest absolute Gasteiger partial charge is 0.229 e. The molecule has 1 aliphatic rings. The molecule has 0 aliphatic heterocycles. The van der Waals surface area contributed by atoms with Crippen molar-refractivity contribution in [1.29, 1.82) is 0 Å². The monoisotopic (exact) mass is 361 g/mol. The highest BCUT2D eigenvalue weighted by Crippen LogP contribution is 2.43. The van der Waals surface area contributed by atoms with Gasteiger partial charge in [-0.15, -0.1) is 0 Å². The van der Waals surface area contributed by atoms with Crippen molar-refractivity contribution in [2.45, 2.75) is 26.3 Å². The predicted octanol–water partition coefficient (Wildman–Crippen LogP) is 4.64. The van der Waals surface area contributed by atoms with Crippen molar-refractivity contribution >= 4 is 17.5 Å². The number of carbonyl (C=O) groups is 2. The van der Waals surface area contributed by atoms with Crippen molar-refractivity contribution in [2.75, 3.05) is 5.32 Å². The van der Waals surface area contributed by atoms with Crippen LogP contribution in [0.2, 0.25) is 0 Å². The fourth-order valence-electron chi connectivity index (χ4n) is 3.31. The lowest BCUT2D eigenvalue weighted by Crippen LogP contribution is -2.26. The number of hydrogen-bond donors (Lipinski definition) is 2. The molecule has 27 heavy (non-hydrogen) atoms. The van der Waals surface area contributed by atoms with Crippen LogP contribution in [-0.2, 0) is 0 Å². The molecule has 1 aromatic heterocycles. The predicted molar refractivity (Wildman–Crippen MR) is 102 cm³/mol. The Kier molecular flexibility index (Phi) is 3.70. The Balaban J connectivity index is 2.01. The van der Waals surface area contributed by atoms with Crippen LogP contribution in [0.15, 0.2) is 52.9 Å². The Morgan fingerprint density at radius 1 is 0.889 bits per heavy atom. The first kappa shape index (κ1) is 17.1. The number of fused-ring (bicyclic) bond motifs is 2. The van der Waals surface area contributed by atoms with Gasteiger partial charge in [0, 0.05) is 16.7 Å². The van der Waals surface area contributed by atoms with Crippen molar-refractivity contribution in [3.8, 4) is 16.9 Å². The van der Waals surface area contributed by atoms with Gasteiger partial charge in [-0.05, 0) is 38.5 Å². The third-order valence-corrected chi connectivity index (χ3v) is 4.38. The number of furan rings is 1. The number of anilines is 1. The Bertz CT molecular complexity index is 1090. The van der Waals surface area contributed by atoms with Crippen LogP contribution in [0.25, 0.3) is 11.1 Å². The largest absolute Gasteiger partial charge is 0.508 e. The van der Waals surface area contributed by atoms with E-state index in [1.165, 1.54) is 0 Å². The molecule has 1 heterocycles. The van der Waals surface area contributed by atoms with Crippen LogP contribution >= 0.6 is 0 Å². The first-order valence-corrected chi connectivity index (χ1v) is 8.69. The topological polar surface area (TPSA) is 79.5 Å². The standard InChI is InChI=1S/C22H19NO4/c1-22(2,3)23-21-16(12-7-6-8-13(24)11-12)17-18(25)14-9-4-5-10-15(14)19(26)20(17)27-21/h4-11,23-24H,1-3H3. The lowest BCUT2D eigenvalue weighted by atomic mass is 9.85. The van der Waals surface area contributed by atoms with Crippen molar-refractivity contribution in [1.82, 2.24) is 0 Å². The lowest BCUT2D eigenvalue weighted by molar-refractivity contribution is 0.0961. The average Bonchev–Trinajstić information content (AvgIpc) is 2.97. The van der Waals surface area contributed by atoms with Crippen LogP contribution in [-0.4, -0.2) is 22.2 Å². The third-order valence-electron chi connectivity index (χ3n) is 4.38. The number of nitrogens with one attached hydrogen (secondary N) is 1. The molecule has 0 bridgehead atoms. The molecule has 0 fully saturated rings. The Morgan fingerprint density at radius 2 is 1.56 bits per heavy atom. The van der Waals surface area contributed by atoms with Crippen molar-refractivity contribution < 1.29 is 19.1 Å². The van der Waals surface area contributed by atoms with Gasteiger partial charge >= 0.3 is 0 Å². The summed E-state index contributed by atoms with van der Waals surface area (Å²) in [6.45, 7) is 5.87. The zero-order valence-electron chi connectivity index (χ0n) is 15.3. The first-order chi connectivity index (χ1) is 12.8. The summed E-state index contributed by atoms with van der Waals surface area (Å²) in [5, 5.41) is 13.2. The molecule has 136 valence electrons. The number of phenols is 1. The van der Waals surface area contributed by atoms with E-state index in [0.717, 1.165) is 0 Å². The number of hydrogen-bond acceptors (Lipinski definition) is 5. The second kappa shape index (κ2) is 5.84. The maximum absolute atomic E-state index is 13.2. The maximum atomic E-state index is 13.2. The van der Waals surface area contributed by atoms with E-state index < -0.39 is 0 Å². The van der Waals surface area contributed by atoms with Gasteiger partial charge < -0.3 is 14.8 Å². The fourth-order valence-corrected chi connectivity index (χ4v) is 3.31. The number of rotatable bonds is 2. The second-order valence-electron chi connectivity index (χ2n) is 7.64. The number of aromatic hydroxyl groups is 1. The molecule has 0 amide bonds. The normalized spacial score (nSPS) is 13.3. The van der Waals surface area contributed by atoms with Gasteiger partial charge in [-0.2, -0.15) is 0 Å². The molecule has 0 saturated heterocycles. The van der Waals surface area contributed by atoms with E-state index in [9.17, 15) is 14.7 Å². The summed E-state index contributed by atoms with van der Waals surface area (Å²) in [4.78, 5) is 26.2. The quantitative estimate of drug-likeness (QED) is 0.544. The molecule has 2 aromatic carbocycles. The molecule has 0 atom stereocenters. The van der Waals surface area contributed by atoms with Crippen LogP contribution in [0.3, 0.4) is 0 Å². The van der Waals surface area contributed by atoms with E-state index in [-0.39, 0.29) is 34.2 Å². The van der Waals surface area contributed by atoms with E-state index in [1.807, 2.05) is 20.8 Å². The summed E-state index contributed by atoms with van der Waals surface area (Å²) in [6.07, 6.45) is 0.